The Morgan fingerprint density at radius 3 is 2.52 bits per heavy atom. The van der Waals surface area contributed by atoms with Gasteiger partial charge in [0.25, 0.3) is 0 Å². The standard InChI is InChI=1S/C20H27NO2/c1-21(18-8-3-2-4-9-18)20(23)13-12-19(22)17-11-10-15-6-5-7-16(15)14-17/h10-11,14,18H,2-9,12-13H2,1H3. The lowest BCUT2D eigenvalue weighted by molar-refractivity contribution is -0.132. The Kier molecular flexibility index (Phi) is 5.14. The monoisotopic (exact) mass is 313 g/mol. The Labute approximate surface area is 139 Å². The van der Waals surface area contributed by atoms with Crippen molar-refractivity contribution in [3.63, 3.8) is 0 Å². The summed E-state index contributed by atoms with van der Waals surface area (Å²) < 4.78 is 0. The molecule has 3 heteroatoms. The molecule has 124 valence electrons. The van der Waals surface area contributed by atoms with Gasteiger partial charge in [-0.05, 0) is 49.3 Å². The Balaban J connectivity index is 1.53. The molecule has 0 heterocycles. The molecule has 0 N–H and O–H groups in total. The van der Waals surface area contributed by atoms with Gasteiger partial charge < -0.3 is 4.90 Å². The molecule has 2 aliphatic carbocycles. The van der Waals surface area contributed by atoms with Crippen LogP contribution in [-0.4, -0.2) is 29.7 Å². The number of amides is 1. The van der Waals surface area contributed by atoms with Gasteiger partial charge in [0.15, 0.2) is 5.78 Å². The summed E-state index contributed by atoms with van der Waals surface area (Å²) in [4.78, 5) is 26.6. The van der Waals surface area contributed by atoms with Gasteiger partial charge >= 0.3 is 0 Å². The molecule has 1 saturated carbocycles. The van der Waals surface area contributed by atoms with Crippen LogP contribution in [0.2, 0.25) is 0 Å². The third-order valence-corrected chi connectivity index (χ3v) is 5.50. The predicted octanol–water partition coefficient (Wildman–Crippen LogP) is 3.93. The van der Waals surface area contributed by atoms with E-state index in [1.54, 1.807) is 0 Å². The highest BCUT2D eigenvalue weighted by atomic mass is 16.2. The normalized spacial score (nSPS) is 17.8. The zero-order chi connectivity index (χ0) is 16.2. The first-order chi connectivity index (χ1) is 11.1. The highest BCUT2D eigenvalue weighted by molar-refractivity contribution is 5.98. The van der Waals surface area contributed by atoms with E-state index >= 15 is 0 Å². The number of fused-ring (bicyclic) bond motifs is 1. The van der Waals surface area contributed by atoms with Gasteiger partial charge in [-0.2, -0.15) is 0 Å². The second-order valence-electron chi connectivity index (χ2n) is 7.06. The van der Waals surface area contributed by atoms with Crippen LogP contribution in [0.4, 0.5) is 0 Å². The van der Waals surface area contributed by atoms with Gasteiger partial charge in [-0.25, -0.2) is 0 Å². The molecule has 0 aliphatic heterocycles. The van der Waals surface area contributed by atoms with Crippen LogP contribution in [0.3, 0.4) is 0 Å². The molecular formula is C20H27NO2. The van der Waals surface area contributed by atoms with Crippen molar-refractivity contribution in [3.8, 4) is 0 Å². The average molecular weight is 313 g/mol. The predicted molar refractivity (Wildman–Crippen MR) is 91.7 cm³/mol. The van der Waals surface area contributed by atoms with Crippen LogP contribution in [-0.2, 0) is 17.6 Å². The summed E-state index contributed by atoms with van der Waals surface area (Å²) in [5.74, 6) is 0.219. The first kappa shape index (κ1) is 16.2. The van der Waals surface area contributed by atoms with E-state index in [9.17, 15) is 9.59 Å². The molecule has 1 amide bonds. The molecule has 0 aromatic heterocycles. The number of nitrogens with zero attached hydrogens (tertiary/aromatic N) is 1. The van der Waals surface area contributed by atoms with Crippen LogP contribution in [0.5, 0.6) is 0 Å². The van der Waals surface area contributed by atoms with Crippen LogP contribution in [0.25, 0.3) is 0 Å². The maximum atomic E-state index is 12.4. The Bertz CT molecular complexity index is 587. The summed E-state index contributed by atoms with van der Waals surface area (Å²) in [6.45, 7) is 0. The van der Waals surface area contributed by atoms with Crippen molar-refractivity contribution < 1.29 is 9.59 Å². The molecule has 1 aromatic carbocycles. The van der Waals surface area contributed by atoms with Crippen molar-refractivity contribution >= 4 is 11.7 Å². The number of hydrogen-bond donors (Lipinski definition) is 0. The molecule has 0 saturated heterocycles. The number of carbonyl (C=O) groups is 2. The summed E-state index contributed by atoms with van der Waals surface area (Å²) in [6.07, 6.45) is 10.0. The van der Waals surface area contributed by atoms with Crippen molar-refractivity contribution in [1.29, 1.82) is 0 Å². The van der Waals surface area contributed by atoms with Gasteiger partial charge in [0, 0.05) is 31.5 Å². The number of hydrogen-bond acceptors (Lipinski definition) is 2. The fourth-order valence-electron chi connectivity index (χ4n) is 3.96. The largest absolute Gasteiger partial charge is 0.343 e. The second kappa shape index (κ2) is 7.29. The summed E-state index contributed by atoms with van der Waals surface area (Å²) in [5.41, 5.74) is 3.48. The summed E-state index contributed by atoms with van der Waals surface area (Å²) in [6, 6.07) is 6.44. The van der Waals surface area contributed by atoms with Crippen LogP contribution < -0.4 is 0 Å². The van der Waals surface area contributed by atoms with E-state index in [4.69, 9.17) is 0 Å². The van der Waals surface area contributed by atoms with E-state index in [0.717, 1.165) is 31.2 Å². The fourth-order valence-corrected chi connectivity index (χ4v) is 3.96. The lowest BCUT2D eigenvalue weighted by Gasteiger charge is -2.31. The third-order valence-electron chi connectivity index (χ3n) is 5.50. The number of benzene rings is 1. The van der Waals surface area contributed by atoms with Gasteiger partial charge in [-0.1, -0.05) is 31.4 Å². The van der Waals surface area contributed by atoms with E-state index in [1.165, 1.54) is 36.8 Å². The molecule has 0 unspecified atom stereocenters. The number of rotatable bonds is 5. The maximum absolute atomic E-state index is 12.4. The average Bonchev–Trinajstić information content (AvgIpc) is 3.07. The topological polar surface area (TPSA) is 37.4 Å². The number of carbonyl (C=O) groups excluding carboxylic acids is 2. The Morgan fingerprint density at radius 2 is 1.74 bits per heavy atom. The van der Waals surface area contributed by atoms with Crippen molar-refractivity contribution in [3.05, 3.63) is 34.9 Å². The first-order valence-corrected chi connectivity index (χ1v) is 9.06. The summed E-state index contributed by atoms with van der Waals surface area (Å²) in [5, 5.41) is 0. The SMILES string of the molecule is CN(C(=O)CCC(=O)c1ccc2c(c1)CCC2)C1CCCCC1. The third kappa shape index (κ3) is 3.82. The van der Waals surface area contributed by atoms with Crippen LogP contribution in [0.15, 0.2) is 18.2 Å². The minimum Gasteiger partial charge on any atom is -0.343 e. The molecule has 23 heavy (non-hydrogen) atoms. The summed E-state index contributed by atoms with van der Waals surface area (Å²) >= 11 is 0. The minimum atomic E-state index is 0.102. The number of ketones is 1. The number of aryl methyl sites for hydroxylation is 2. The Morgan fingerprint density at radius 1 is 1.00 bits per heavy atom. The van der Waals surface area contributed by atoms with Gasteiger partial charge in [0.05, 0.1) is 0 Å². The molecule has 1 aromatic rings. The van der Waals surface area contributed by atoms with Crippen LogP contribution >= 0.6 is 0 Å². The van der Waals surface area contributed by atoms with Crippen molar-refractivity contribution in [2.45, 2.75) is 70.3 Å². The number of Topliss-reactive ketones (excluding diaryl/α,β-unsaturated/α-hetero) is 1. The zero-order valence-electron chi connectivity index (χ0n) is 14.1. The second-order valence-corrected chi connectivity index (χ2v) is 7.06. The maximum Gasteiger partial charge on any atom is 0.223 e. The first-order valence-electron chi connectivity index (χ1n) is 9.06. The molecule has 0 atom stereocenters. The van der Waals surface area contributed by atoms with Crippen molar-refractivity contribution in [2.75, 3.05) is 7.05 Å². The lowest BCUT2D eigenvalue weighted by Crippen LogP contribution is -2.38. The van der Waals surface area contributed by atoms with Gasteiger partial charge in [0.1, 0.15) is 0 Å². The molecule has 0 radical (unpaired) electrons. The van der Waals surface area contributed by atoms with E-state index in [-0.39, 0.29) is 11.7 Å². The molecule has 2 aliphatic rings. The molecule has 0 spiro atoms. The molecule has 0 bridgehead atoms. The molecule has 3 nitrogen and oxygen atoms in total. The van der Waals surface area contributed by atoms with Gasteiger partial charge in [-0.3, -0.25) is 9.59 Å². The van der Waals surface area contributed by atoms with E-state index < -0.39 is 0 Å². The van der Waals surface area contributed by atoms with Crippen molar-refractivity contribution in [2.24, 2.45) is 0 Å². The summed E-state index contributed by atoms with van der Waals surface area (Å²) in [7, 11) is 1.90. The lowest BCUT2D eigenvalue weighted by atomic mass is 9.94. The van der Waals surface area contributed by atoms with Crippen LogP contribution in [0.1, 0.15) is 72.9 Å². The molecule has 3 rings (SSSR count). The smallest absolute Gasteiger partial charge is 0.223 e. The van der Waals surface area contributed by atoms with Crippen molar-refractivity contribution in [1.82, 2.24) is 4.90 Å². The Hall–Kier alpha value is -1.64. The minimum absolute atomic E-state index is 0.102. The van der Waals surface area contributed by atoms with E-state index in [2.05, 4.69) is 6.07 Å². The van der Waals surface area contributed by atoms with E-state index in [1.807, 2.05) is 24.1 Å². The fraction of sp³-hybridized carbons (Fsp3) is 0.600. The van der Waals surface area contributed by atoms with Gasteiger partial charge in [-0.15, -0.1) is 0 Å². The van der Waals surface area contributed by atoms with Crippen LogP contribution in [0, 0.1) is 0 Å². The highest BCUT2D eigenvalue weighted by Gasteiger charge is 2.22. The molecular weight excluding hydrogens is 286 g/mol. The molecule has 1 fully saturated rings. The quantitative estimate of drug-likeness (QED) is 0.772. The highest BCUT2D eigenvalue weighted by Crippen LogP contribution is 2.24. The van der Waals surface area contributed by atoms with Gasteiger partial charge in [0.2, 0.25) is 5.91 Å². The zero-order valence-corrected chi connectivity index (χ0v) is 14.1. The van der Waals surface area contributed by atoms with E-state index in [0.29, 0.717) is 18.9 Å².